The van der Waals surface area contributed by atoms with Gasteiger partial charge in [-0.15, -0.1) is 0 Å². The number of aryl methyl sites for hydroxylation is 1. The first-order valence-electron chi connectivity index (χ1n) is 9.68. The van der Waals surface area contributed by atoms with Gasteiger partial charge in [-0.3, -0.25) is 9.59 Å². The number of allylic oxidation sites excluding steroid dienone is 2. The monoisotopic (exact) mass is 394 g/mol. The van der Waals surface area contributed by atoms with Crippen molar-refractivity contribution in [3.05, 3.63) is 65.2 Å². The van der Waals surface area contributed by atoms with Crippen molar-refractivity contribution in [3.8, 4) is 11.5 Å². The van der Waals surface area contributed by atoms with E-state index < -0.39 is 11.9 Å². The molecule has 0 aliphatic heterocycles. The van der Waals surface area contributed by atoms with Crippen LogP contribution in [0.4, 0.5) is 0 Å². The van der Waals surface area contributed by atoms with E-state index in [0.29, 0.717) is 17.9 Å². The highest BCUT2D eigenvalue weighted by Crippen LogP contribution is 2.43. The van der Waals surface area contributed by atoms with Crippen LogP contribution in [0.2, 0.25) is 0 Å². The van der Waals surface area contributed by atoms with Crippen molar-refractivity contribution >= 4 is 17.3 Å². The third-order valence-electron chi connectivity index (χ3n) is 5.27. The summed E-state index contributed by atoms with van der Waals surface area (Å²) in [7, 11) is 3.18. The van der Waals surface area contributed by atoms with Gasteiger partial charge in [0.1, 0.15) is 17.4 Å². The number of ketones is 1. The van der Waals surface area contributed by atoms with Gasteiger partial charge in [-0.25, -0.2) is 0 Å². The quantitative estimate of drug-likeness (QED) is 0.539. The first kappa shape index (κ1) is 20.6. The van der Waals surface area contributed by atoms with Gasteiger partial charge in [0.25, 0.3) is 0 Å². The molecule has 0 saturated heterocycles. The molecule has 152 valence electrons. The van der Waals surface area contributed by atoms with Crippen molar-refractivity contribution in [2.24, 2.45) is 5.92 Å². The number of ether oxygens (including phenoxy) is 3. The number of hydrogen-bond donors (Lipinski definition) is 0. The van der Waals surface area contributed by atoms with Crippen LogP contribution in [0, 0.1) is 12.8 Å². The van der Waals surface area contributed by atoms with Gasteiger partial charge in [-0.1, -0.05) is 29.8 Å². The molecular weight excluding hydrogens is 368 g/mol. The number of hydrogen-bond acceptors (Lipinski definition) is 5. The van der Waals surface area contributed by atoms with Crippen molar-refractivity contribution in [1.82, 2.24) is 0 Å². The zero-order chi connectivity index (χ0) is 21.0. The third-order valence-corrected chi connectivity index (χ3v) is 5.27. The Morgan fingerprint density at radius 2 is 1.79 bits per heavy atom. The average Bonchev–Trinajstić information content (AvgIpc) is 2.73. The minimum atomic E-state index is -0.842. The Hall–Kier alpha value is -3.08. The smallest absolute Gasteiger partial charge is 0.317 e. The first-order valence-corrected chi connectivity index (χ1v) is 9.68. The van der Waals surface area contributed by atoms with Crippen LogP contribution < -0.4 is 9.47 Å². The standard InChI is InChI=1S/C24H26O5/c1-5-29-24(26)23-20(16-8-6-15(2)7-9-16)12-17(13-21(23)25)19-11-10-18(27-3)14-22(19)28-4/h6-11,13-14,20,23H,5,12H2,1-4H3/t20-,23-/m1/s1. The summed E-state index contributed by atoms with van der Waals surface area (Å²) in [4.78, 5) is 25.6. The van der Waals surface area contributed by atoms with Crippen LogP contribution in [-0.2, 0) is 14.3 Å². The molecule has 3 rings (SSSR count). The maximum Gasteiger partial charge on any atom is 0.317 e. The molecule has 2 aromatic rings. The molecule has 5 heteroatoms. The second kappa shape index (κ2) is 8.95. The number of rotatable bonds is 6. The fourth-order valence-electron chi connectivity index (χ4n) is 3.76. The van der Waals surface area contributed by atoms with Gasteiger partial charge in [0.05, 0.1) is 20.8 Å². The minimum Gasteiger partial charge on any atom is -0.497 e. The molecule has 2 aromatic carbocycles. The van der Waals surface area contributed by atoms with E-state index in [0.717, 1.165) is 22.3 Å². The summed E-state index contributed by atoms with van der Waals surface area (Å²) in [6, 6.07) is 13.5. The molecular formula is C24H26O5. The highest BCUT2D eigenvalue weighted by molar-refractivity contribution is 6.11. The van der Waals surface area contributed by atoms with Crippen LogP contribution in [0.1, 0.15) is 36.0 Å². The lowest BCUT2D eigenvalue weighted by molar-refractivity contribution is -0.151. The van der Waals surface area contributed by atoms with Gasteiger partial charge in [0.2, 0.25) is 0 Å². The molecule has 1 aliphatic carbocycles. The summed E-state index contributed by atoms with van der Waals surface area (Å²) in [6.07, 6.45) is 2.08. The third kappa shape index (κ3) is 4.34. The summed E-state index contributed by atoms with van der Waals surface area (Å²) >= 11 is 0. The van der Waals surface area contributed by atoms with Crippen molar-refractivity contribution in [2.75, 3.05) is 20.8 Å². The van der Waals surface area contributed by atoms with E-state index in [-0.39, 0.29) is 18.3 Å². The highest BCUT2D eigenvalue weighted by atomic mass is 16.5. The second-order valence-electron chi connectivity index (χ2n) is 7.09. The second-order valence-corrected chi connectivity index (χ2v) is 7.09. The number of esters is 1. The summed E-state index contributed by atoms with van der Waals surface area (Å²) in [6.45, 7) is 3.99. The number of methoxy groups -OCH3 is 2. The molecule has 0 aromatic heterocycles. The van der Waals surface area contributed by atoms with E-state index >= 15 is 0 Å². The SMILES string of the molecule is CCOC(=O)[C@H]1C(=O)C=C(c2ccc(OC)cc2OC)C[C@@H]1c1ccc(C)cc1. The molecule has 0 N–H and O–H groups in total. The van der Waals surface area contributed by atoms with Crippen LogP contribution in [-0.4, -0.2) is 32.6 Å². The molecule has 2 atom stereocenters. The maximum absolute atomic E-state index is 13.0. The highest BCUT2D eigenvalue weighted by Gasteiger charge is 2.40. The van der Waals surface area contributed by atoms with E-state index in [2.05, 4.69) is 0 Å². The van der Waals surface area contributed by atoms with E-state index in [1.165, 1.54) is 0 Å². The molecule has 29 heavy (non-hydrogen) atoms. The summed E-state index contributed by atoms with van der Waals surface area (Å²) in [5, 5.41) is 0. The minimum absolute atomic E-state index is 0.242. The van der Waals surface area contributed by atoms with Gasteiger partial charge < -0.3 is 14.2 Å². The van der Waals surface area contributed by atoms with E-state index in [4.69, 9.17) is 14.2 Å². The van der Waals surface area contributed by atoms with Crippen LogP contribution in [0.3, 0.4) is 0 Å². The molecule has 5 nitrogen and oxygen atoms in total. The summed E-state index contributed by atoms with van der Waals surface area (Å²) in [5.41, 5.74) is 3.72. The Bertz CT molecular complexity index is 927. The Morgan fingerprint density at radius 1 is 1.07 bits per heavy atom. The van der Waals surface area contributed by atoms with Crippen LogP contribution >= 0.6 is 0 Å². The normalized spacial score (nSPS) is 18.8. The number of benzene rings is 2. The zero-order valence-electron chi connectivity index (χ0n) is 17.2. The van der Waals surface area contributed by atoms with E-state index in [9.17, 15) is 9.59 Å². The van der Waals surface area contributed by atoms with Gasteiger partial charge in [-0.05, 0) is 49.6 Å². The van der Waals surface area contributed by atoms with Crippen molar-refractivity contribution < 1.29 is 23.8 Å². The van der Waals surface area contributed by atoms with Gasteiger partial charge in [-0.2, -0.15) is 0 Å². The molecule has 0 amide bonds. The molecule has 0 radical (unpaired) electrons. The van der Waals surface area contributed by atoms with Crippen LogP contribution in [0.25, 0.3) is 5.57 Å². The predicted octanol–water partition coefficient (Wildman–Crippen LogP) is 4.33. The van der Waals surface area contributed by atoms with Gasteiger partial charge in [0.15, 0.2) is 5.78 Å². The molecule has 0 spiro atoms. The fourth-order valence-corrected chi connectivity index (χ4v) is 3.76. The number of carbonyl (C=O) groups is 2. The van der Waals surface area contributed by atoms with Crippen molar-refractivity contribution in [2.45, 2.75) is 26.2 Å². The predicted molar refractivity (Wildman–Crippen MR) is 111 cm³/mol. The Morgan fingerprint density at radius 3 is 2.41 bits per heavy atom. The molecule has 0 saturated carbocycles. The number of carbonyl (C=O) groups excluding carboxylic acids is 2. The van der Waals surface area contributed by atoms with E-state index in [1.54, 1.807) is 33.3 Å². The topological polar surface area (TPSA) is 61.8 Å². The summed E-state index contributed by atoms with van der Waals surface area (Å²) < 4.78 is 16.0. The lowest BCUT2D eigenvalue weighted by atomic mass is 9.73. The van der Waals surface area contributed by atoms with Crippen molar-refractivity contribution in [1.29, 1.82) is 0 Å². The first-order chi connectivity index (χ1) is 14.0. The lowest BCUT2D eigenvalue weighted by Crippen LogP contribution is -2.34. The van der Waals surface area contributed by atoms with Gasteiger partial charge >= 0.3 is 5.97 Å². The van der Waals surface area contributed by atoms with Gasteiger partial charge in [0, 0.05) is 17.5 Å². The fraction of sp³-hybridized carbons (Fsp3) is 0.333. The average molecular weight is 394 g/mol. The van der Waals surface area contributed by atoms with Crippen molar-refractivity contribution in [3.63, 3.8) is 0 Å². The molecule has 0 bridgehead atoms. The molecule has 0 unspecified atom stereocenters. The Labute approximate surface area is 171 Å². The molecule has 1 aliphatic rings. The largest absolute Gasteiger partial charge is 0.497 e. The zero-order valence-corrected chi connectivity index (χ0v) is 17.2. The lowest BCUT2D eigenvalue weighted by Gasteiger charge is -2.30. The Kier molecular flexibility index (Phi) is 6.37. The summed E-state index contributed by atoms with van der Waals surface area (Å²) in [5.74, 6) is -0.554. The molecule has 0 heterocycles. The van der Waals surface area contributed by atoms with Crippen LogP contribution in [0.5, 0.6) is 11.5 Å². The maximum atomic E-state index is 13.0. The van der Waals surface area contributed by atoms with E-state index in [1.807, 2.05) is 43.3 Å². The molecule has 0 fully saturated rings. The Balaban J connectivity index is 2.05. The van der Waals surface area contributed by atoms with Crippen LogP contribution in [0.15, 0.2) is 48.5 Å².